The summed E-state index contributed by atoms with van der Waals surface area (Å²) < 4.78 is 6.30. The number of amides is 1. The van der Waals surface area contributed by atoms with Crippen LogP contribution in [0.15, 0.2) is 113 Å². The summed E-state index contributed by atoms with van der Waals surface area (Å²) in [5, 5.41) is 23.4. The second-order valence-electron chi connectivity index (χ2n) is 10.7. The highest BCUT2D eigenvalue weighted by Gasteiger charge is 2.46. The Bertz CT molecular complexity index is 2140. The number of aliphatic hydroxyl groups excluding tert-OH is 1. The highest BCUT2D eigenvalue weighted by molar-refractivity contribution is 8.00. The van der Waals surface area contributed by atoms with Crippen molar-refractivity contribution in [2.45, 2.75) is 30.0 Å². The van der Waals surface area contributed by atoms with Crippen LogP contribution in [0.5, 0.6) is 5.75 Å². The summed E-state index contributed by atoms with van der Waals surface area (Å²) in [6.07, 6.45) is 0. The van der Waals surface area contributed by atoms with Crippen molar-refractivity contribution in [3.63, 3.8) is 0 Å². The Kier molecular flexibility index (Phi) is 8.59. The third kappa shape index (κ3) is 5.93. The van der Waals surface area contributed by atoms with E-state index < -0.39 is 23.5 Å². The van der Waals surface area contributed by atoms with Gasteiger partial charge in [-0.1, -0.05) is 108 Å². The Balaban J connectivity index is 1.23. The Morgan fingerprint density at radius 3 is 2.47 bits per heavy atom. The van der Waals surface area contributed by atoms with Gasteiger partial charge in [-0.3, -0.25) is 14.5 Å². The molecule has 6 aromatic rings. The molecule has 0 saturated heterocycles. The molecule has 0 radical (unpaired) electrons. The van der Waals surface area contributed by atoms with Crippen LogP contribution >= 0.6 is 34.4 Å². The van der Waals surface area contributed by atoms with Crippen molar-refractivity contribution >= 4 is 62.0 Å². The maximum atomic E-state index is 14.3. The molecule has 47 heavy (non-hydrogen) atoms. The minimum absolute atomic E-state index is 0.0225. The monoisotopic (exact) mass is 676 g/mol. The molecule has 0 bridgehead atoms. The first kappa shape index (κ1) is 30.8. The minimum Gasteiger partial charge on any atom is -0.503 e. The molecule has 3 heterocycles. The second kappa shape index (κ2) is 13.1. The third-order valence-electron chi connectivity index (χ3n) is 7.82. The van der Waals surface area contributed by atoms with Crippen LogP contribution in [0.25, 0.3) is 21.3 Å². The summed E-state index contributed by atoms with van der Waals surface area (Å²) in [7, 11) is 0. The lowest BCUT2D eigenvalue weighted by atomic mass is 9.95. The number of hydrogen-bond donors (Lipinski definition) is 1. The van der Waals surface area contributed by atoms with Crippen molar-refractivity contribution in [2.24, 2.45) is 0 Å². The summed E-state index contributed by atoms with van der Waals surface area (Å²) in [6, 6.07) is 30.3. The van der Waals surface area contributed by atoms with Crippen molar-refractivity contribution in [1.82, 2.24) is 15.2 Å². The van der Waals surface area contributed by atoms with Gasteiger partial charge in [0.1, 0.15) is 10.8 Å². The van der Waals surface area contributed by atoms with Crippen LogP contribution in [-0.2, 0) is 10.5 Å². The van der Waals surface area contributed by atoms with Crippen molar-refractivity contribution in [3.05, 3.63) is 130 Å². The van der Waals surface area contributed by atoms with Gasteiger partial charge >= 0.3 is 0 Å². The summed E-state index contributed by atoms with van der Waals surface area (Å²) >= 11 is 4.01. The Hall–Kier alpha value is -4.84. The highest BCUT2D eigenvalue weighted by atomic mass is 32.2. The van der Waals surface area contributed by atoms with Crippen LogP contribution in [0.1, 0.15) is 39.5 Å². The average molecular weight is 677 g/mol. The fraction of sp³-hybridized carbons (Fsp3) is 0.139. The SMILES string of the molecule is CCOc1ccc(C2C(C(=O)c3sc(-c4ccccc4)nc3C)=C(O)C(=O)N2c2nnc(SCc3cccc4ccccc34)s2)cc1. The highest BCUT2D eigenvalue weighted by Crippen LogP contribution is 2.45. The summed E-state index contributed by atoms with van der Waals surface area (Å²) in [4.78, 5) is 34.5. The third-order valence-corrected chi connectivity index (χ3v) is 11.1. The first-order chi connectivity index (χ1) is 22.9. The number of benzene rings is 4. The van der Waals surface area contributed by atoms with Gasteiger partial charge in [0.2, 0.25) is 10.9 Å². The maximum Gasteiger partial charge on any atom is 0.296 e. The predicted octanol–water partition coefficient (Wildman–Crippen LogP) is 8.60. The van der Waals surface area contributed by atoms with E-state index in [4.69, 9.17) is 4.74 Å². The van der Waals surface area contributed by atoms with Gasteiger partial charge in [-0.15, -0.1) is 21.5 Å². The number of hydrogen-bond acceptors (Lipinski definition) is 10. The number of aryl methyl sites for hydroxylation is 1. The van der Waals surface area contributed by atoms with Gasteiger partial charge in [0, 0.05) is 11.3 Å². The van der Waals surface area contributed by atoms with Crippen molar-refractivity contribution in [3.8, 4) is 16.3 Å². The van der Waals surface area contributed by atoms with Gasteiger partial charge in [0.25, 0.3) is 5.91 Å². The topological polar surface area (TPSA) is 106 Å². The van der Waals surface area contributed by atoms with E-state index in [1.54, 1.807) is 31.2 Å². The zero-order valence-electron chi connectivity index (χ0n) is 25.4. The normalized spacial score (nSPS) is 14.7. The van der Waals surface area contributed by atoms with Crippen LogP contribution in [0.3, 0.4) is 0 Å². The molecule has 0 saturated carbocycles. The molecule has 4 aromatic carbocycles. The molecule has 11 heteroatoms. The summed E-state index contributed by atoms with van der Waals surface area (Å²) in [6.45, 7) is 4.16. The van der Waals surface area contributed by atoms with E-state index >= 15 is 0 Å². The molecular formula is C36H28N4O4S3. The number of aromatic nitrogens is 3. The molecule has 234 valence electrons. The number of carbonyl (C=O) groups excluding carboxylic acids is 2. The summed E-state index contributed by atoms with van der Waals surface area (Å²) in [5.74, 6) is -0.456. The predicted molar refractivity (Wildman–Crippen MR) is 188 cm³/mol. The van der Waals surface area contributed by atoms with Crippen molar-refractivity contribution < 1.29 is 19.4 Å². The quantitative estimate of drug-likeness (QED) is 0.0874. The molecular weight excluding hydrogens is 649 g/mol. The number of ether oxygens (including phenoxy) is 1. The van der Waals surface area contributed by atoms with Crippen LogP contribution < -0.4 is 9.64 Å². The number of ketones is 1. The zero-order chi connectivity index (χ0) is 32.5. The summed E-state index contributed by atoms with van der Waals surface area (Å²) in [5.41, 5.74) is 3.17. The average Bonchev–Trinajstić information content (AvgIpc) is 3.80. The fourth-order valence-electron chi connectivity index (χ4n) is 5.61. The molecule has 7 rings (SSSR count). The first-order valence-electron chi connectivity index (χ1n) is 14.9. The van der Waals surface area contributed by atoms with Gasteiger partial charge in [0.15, 0.2) is 10.1 Å². The number of rotatable bonds is 10. The molecule has 0 fully saturated rings. The van der Waals surface area contributed by atoms with Gasteiger partial charge < -0.3 is 9.84 Å². The smallest absolute Gasteiger partial charge is 0.296 e. The molecule has 1 aliphatic heterocycles. The molecule has 1 atom stereocenters. The Morgan fingerprint density at radius 2 is 1.68 bits per heavy atom. The van der Waals surface area contributed by atoms with E-state index in [1.807, 2.05) is 55.5 Å². The lowest BCUT2D eigenvalue weighted by Gasteiger charge is -2.24. The number of carbonyl (C=O) groups is 2. The van der Waals surface area contributed by atoms with Gasteiger partial charge in [-0.2, -0.15) is 0 Å². The van der Waals surface area contributed by atoms with Crippen LogP contribution in [0, 0.1) is 6.92 Å². The first-order valence-corrected chi connectivity index (χ1v) is 17.5. The molecule has 1 unspecified atom stereocenters. The minimum atomic E-state index is -0.934. The van der Waals surface area contributed by atoms with E-state index in [0.717, 1.165) is 16.5 Å². The number of thiazole rings is 1. The molecule has 1 aliphatic rings. The van der Waals surface area contributed by atoms with Crippen molar-refractivity contribution in [2.75, 3.05) is 11.5 Å². The molecule has 1 N–H and O–H groups in total. The van der Waals surface area contributed by atoms with E-state index in [9.17, 15) is 14.7 Å². The van der Waals surface area contributed by atoms with Gasteiger partial charge in [-0.25, -0.2) is 4.98 Å². The van der Waals surface area contributed by atoms with Crippen LogP contribution in [0.4, 0.5) is 5.13 Å². The van der Waals surface area contributed by atoms with Crippen molar-refractivity contribution in [1.29, 1.82) is 0 Å². The Morgan fingerprint density at radius 1 is 0.936 bits per heavy atom. The number of nitrogens with zero attached hydrogens (tertiary/aromatic N) is 4. The lowest BCUT2D eigenvalue weighted by Crippen LogP contribution is -2.31. The standard InChI is InChI=1S/C36H28N4O4S3/c1-3-44-26-18-16-23(17-19-26)29-28(30(41)32-21(2)37-33(46-32)24-11-5-4-6-12-24)31(42)34(43)40(29)35-38-39-36(47-35)45-20-25-14-9-13-22-10-7-8-15-27(22)25/h4-19,29,42H,3,20H2,1-2H3. The lowest BCUT2D eigenvalue weighted by molar-refractivity contribution is -0.117. The molecule has 0 aliphatic carbocycles. The Labute approximate surface area is 283 Å². The number of anilines is 1. The number of Topliss-reactive ketones (excluding diaryl/α,β-unsaturated/α-hetero) is 1. The number of aliphatic hydroxyl groups is 1. The molecule has 8 nitrogen and oxygen atoms in total. The van der Waals surface area contributed by atoms with Gasteiger partial charge in [0.05, 0.1) is 28.8 Å². The number of thioether (sulfide) groups is 1. The van der Waals surface area contributed by atoms with Gasteiger partial charge in [-0.05, 0) is 47.9 Å². The van der Waals surface area contributed by atoms with E-state index in [-0.39, 0.29) is 10.7 Å². The van der Waals surface area contributed by atoms with Crippen LogP contribution in [0.2, 0.25) is 0 Å². The zero-order valence-corrected chi connectivity index (χ0v) is 27.9. The van der Waals surface area contributed by atoms with E-state index in [2.05, 4.69) is 39.4 Å². The van der Waals surface area contributed by atoms with E-state index in [0.29, 0.717) is 43.6 Å². The largest absolute Gasteiger partial charge is 0.503 e. The second-order valence-corrected chi connectivity index (χ2v) is 13.9. The maximum absolute atomic E-state index is 14.3. The molecule has 0 spiro atoms. The fourth-order valence-corrected chi connectivity index (χ4v) is 8.51. The van der Waals surface area contributed by atoms with E-state index in [1.165, 1.54) is 44.7 Å². The number of fused-ring (bicyclic) bond motifs is 1. The van der Waals surface area contributed by atoms with Crippen LogP contribution in [-0.4, -0.2) is 38.6 Å². The molecule has 1 amide bonds. The molecule has 2 aromatic heterocycles.